The molecule has 1 unspecified atom stereocenters. The van der Waals surface area contributed by atoms with Gasteiger partial charge in [0.2, 0.25) is 5.43 Å². The van der Waals surface area contributed by atoms with Gasteiger partial charge in [0.05, 0.1) is 17.4 Å². The fourth-order valence-corrected chi connectivity index (χ4v) is 6.94. The fraction of sp³-hybridized carbons (Fsp3) is 0.273. The molecule has 3 aromatic rings. The summed E-state index contributed by atoms with van der Waals surface area (Å²) in [5.74, 6) is -2.68. The van der Waals surface area contributed by atoms with Crippen LogP contribution in [0.4, 0.5) is 8.78 Å². The van der Waals surface area contributed by atoms with Crippen LogP contribution < -0.4 is 10.4 Å². The Morgan fingerprint density at radius 1 is 1.12 bits per heavy atom. The van der Waals surface area contributed by atoms with E-state index in [0.29, 0.717) is 12.2 Å². The van der Waals surface area contributed by atoms with Crippen molar-refractivity contribution >= 4 is 29.0 Å². The molecule has 1 saturated heterocycles. The number of halogens is 2. The largest absolute Gasteiger partial charge is 0.502 e. The number of ether oxygens (including phenoxy) is 1. The number of hydrogen-bond donors (Lipinski definition) is 1. The Morgan fingerprint density at radius 3 is 2.82 bits per heavy atom. The van der Waals surface area contributed by atoms with Gasteiger partial charge in [0.25, 0.3) is 5.91 Å². The lowest BCUT2D eigenvalue weighted by Crippen LogP contribution is -2.66. The zero-order valence-corrected chi connectivity index (χ0v) is 18.7. The second-order valence-electron chi connectivity index (χ2n) is 7.94. The molecule has 170 valence electrons. The van der Waals surface area contributed by atoms with Crippen LogP contribution in [0.5, 0.6) is 5.75 Å². The average Bonchev–Trinajstić information content (AvgIpc) is 3.22. The van der Waals surface area contributed by atoms with Crippen LogP contribution in [0.2, 0.25) is 0 Å². The maximum Gasteiger partial charge on any atom is 0.278 e. The standard InChI is InChI=1S/C22H17F2N3O4S2/c23-14-2-1-11-13(17(14)24)10-33-22-12(4-8-32-22)18(11)27-16-9-31-7-6-25(16)21(30)19-20(29)15(28)3-5-26(19)27/h1-5,8,16,18,29H,6-7,9-10H2/t16-,18?/m1/s1. The highest BCUT2D eigenvalue weighted by Gasteiger charge is 2.46. The third kappa shape index (κ3) is 2.95. The third-order valence-electron chi connectivity index (χ3n) is 6.27. The number of thioether (sulfide) groups is 1. The lowest BCUT2D eigenvalue weighted by Gasteiger charge is -2.51. The minimum Gasteiger partial charge on any atom is -0.502 e. The molecule has 2 atom stereocenters. The van der Waals surface area contributed by atoms with E-state index in [1.807, 2.05) is 16.5 Å². The van der Waals surface area contributed by atoms with Crippen molar-refractivity contribution in [2.45, 2.75) is 22.2 Å². The summed E-state index contributed by atoms with van der Waals surface area (Å²) in [5, 5.41) is 14.3. The number of nitrogens with zero attached hydrogens (tertiary/aromatic N) is 3. The third-order valence-corrected chi connectivity index (χ3v) is 8.56. The van der Waals surface area contributed by atoms with E-state index in [1.54, 1.807) is 11.0 Å². The van der Waals surface area contributed by atoms with Gasteiger partial charge in [-0.2, -0.15) is 0 Å². The molecule has 0 spiro atoms. The van der Waals surface area contributed by atoms with Gasteiger partial charge in [0, 0.05) is 35.7 Å². The number of aromatic hydroxyl groups is 1. The van der Waals surface area contributed by atoms with Gasteiger partial charge in [-0.3, -0.25) is 19.3 Å². The summed E-state index contributed by atoms with van der Waals surface area (Å²) < 4.78 is 37.2. The first kappa shape index (κ1) is 20.7. The van der Waals surface area contributed by atoms with Crippen molar-refractivity contribution in [2.24, 2.45) is 0 Å². The van der Waals surface area contributed by atoms with Crippen molar-refractivity contribution in [1.29, 1.82) is 0 Å². The fourth-order valence-electron chi connectivity index (χ4n) is 4.76. The van der Waals surface area contributed by atoms with E-state index in [1.165, 1.54) is 40.0 Å². The molecule has 0 radical (unpaired) electrons. The molecule has 6 rings (SSSR count). The van der Waals surface area contributed by atoms with Crippen molar-refractivity contribution in [1.82, 2.24) is 9.58 Å². The Hall–Kier alpha value is -2.89. The van der Waals surface area contributed by atoms with Crippen molar-refractivity contribution < 1.29 is 23.4 Å². The van der Waals surface area contributed by atoms with Crippen molar-refractivity contribution in [3.63, 3.8) is 0 Å². The summed E-state index contributed by atoms with van der Waals surface area (Å²) in [7, 11) is 0. The van der Waals surface area contributed by atoms with Crippen LogP contribution in [-0.2, 0) is 10.5 Å². The number of aromatic nitrogens is 1. The quantitative estimate of drug-likeness (QED) is 0.567. The van der Waals surface area contributed by atoms with E-state index in [9.17, 15) is 23.5 Å². The number of amides is 1. The highest BCUT2D eigenvalue weighted by Crippen LogP contribution is 2.47. The van der Waals surface area contributed by atoms with E-state index in [-0.39, 0.29) is 30.2 Å². The maximum atomic E-state index is 15.0. The molecule has 0 saturated carbocycles. The molecular weight excluding hydrogens is 472 g/mol. The van der Waals surface area contributed by atoms with Crippen LogP contribution in [-0.4, -0.2) is 46.5 Å². The highest BCUT2D eigenvalue weighted by atomic mass is 32.2. The van der Waals surface area contributed by atoms with E-state index in [0.717, 1.165) is 15.8 Å². The number of carbonyl (C=O) groups excluding carboxylic acids is 1. The van der Waals surface area contributed by atoms with E-state index in [4.69, 9.17) is 4.74 Å². The Balaban J connectivity index is 1.66. The summed E-state index contributed by atoms with van der Waals surface area (Å²) in [4.78, 5) is 27.0. The number of benzene rings is 1. The molecule has 11 heteroatoms. The van der Waals surface area contributed by atoms with E-state index in [2.05, 4.69) is 0 Å². The minimum atomic E-state index is -0.920. The van der Waals surface area contributed by atoms with Gasteiger partial charge in [-0.1, -0.05) is 6.07 Å². The molecule has 7 nitrogen and oxygen atoms in total. The summed E-state index contributed by atoms with van der Waals surface area (Å²) in [5.41, 5.74) is 0.864. The molecule has 1 fully saturated rings. The number of morpholine rings is 1. The number of rotatable bonds is 1. The summed E-state index contributed by atoms with van der Waals surface area (Å²) in [6.07, 6.45) is 0.854. The van der Waals surface area contributed by atoms with Crippen LogP contribution >= 0.6 is 23.1 Å². The molecule has 3 aliphatic rings. The monoisotopic (exact) mass is 489 g/mol. The lowest BCUT2D eigenvalue weighted by molar-refractivity contribution is -0.0197. The Labute approximate surface area is 194 Å². The van der Waals surface area contributed by atoms with E-state index >= 15 is 0 Å². The molecule has 0 bridgehead atoms. The Bertz CT molecular complexity index is 1360. The summed E-state index contributed by atoms with van der Waals surface area (Å²) in [6, 6.07) is 5.18. The SMILES string of the molecule is O=C1c2c(O)c(=O)ccn2N(C2c3ccsc3SCc3c2ccc(F)c3F)[C@@H]2COCCN12. The zero-order valence-electron chi connectivity index (χ0n) is 17.0. The van der Waals surface area contributed by atoms with Crippen LogP contribution in [0.1, 0.15) is 33.2 Å². The molecule has 0 aliphatic carbocycles. The number of pyridine rings is 1. The number of thiophene rings is 1. The summed E-state index contributed by atoms with van der Waals surface area (Å²) in [6.45, 7) is 0.764. The lowest BCUT2D eigenvalue weighted by atomic mass is 9.94. The molecular formula is C22H17F2N3O4S2. The Morgan fingerprint density at radius 2 is 1.97 bits per heavy atom. The van der Waals surface area contributed by atoms with E-state index < -0.39 is 40.9 Å². The first-order valence-electron chi connectivity index (χ1n) is 10.3. The number of hydrogen-bond acceptors (Lipinski definition) is 7. The normalized spacial score (nSPS) is 21.7. The first-order valence-corrected chi connectivity index (χ1v) is 12.1. The number of fused-ring (bicyclic) bond motifs is 4. The molecule has 1 amide bonds. The van der Waals surface area contributed by atoms with Gasteiger partial charge >= 0.3 is 0 Å². The van der Waals surface area contributed by atoms with Crippen molar-refractivity contribution in [3.8, 4) is 5.75 Å². The molecule has 33 heavy (non-hydrogen) atoms. The molecule has 5 heterocycles. The van der Waals surface area contributed by atoms with Crippen molar-refractivity contribution in [2.75, 3.05) is 24.8 Å². The minimum absolute atomic E-state index is 0.154. The zero-order chi connectivity index (χ0) is 22.9. The molecule has 3 aliphatic heterocycles. The predicted octanol–water partition coefficient (Wildman–Crippen LogP) is 3.04. The molecule has 1 aromatic carbocycles. The van der Waals surface area contributed by atoms with Gasteiger partial charge in [-0.15, -0.1) is 23.1 Å². The van der Waals surface area contributed by atoms with Crippen molar-refractivity contribution in [3.05, 3.63) is 80.1 Å². The maximum absolute atomic E-state index is 15.0. The van der Waals surface area contributed by atoms with Crippen LogP contribution in [0.15, 0.2) is 44.8 Å². The first-order chi connectivity index (χ1) is 16.0. The van der Waals surface area contributed by atoms with Gasteiger partial charge in [-0.25, -0.2) is 8.78 Å². The van der Waals surface area contributed by atoms with Gasteiger partial charge in [-0.05, 0) is 23.1 Å². The second kappa shape index (κ2) is 7.57. The van der Waals surface area contributed by atoms with Gasteiger partial charge < -0.3 is 14.7 Å². The molecule has 2 aromatic heterocycles. The number of carbonyl (C=O) groups is 1. The predicted molar refractivity (Wildman–Crippen MR) is 118 cm³/mol. The van der Waals surface area contributed by atoms with Crippen LogP contribution in [0, 0.1) is 11.6 Å². The Kier molecular flexibility index (Phi) is 4.75. The average molecular weight is 490 g/mol. The van der Waals surface area contributed by atoms with Crippen LogP contribution in [0.25, 0.3) is 0 Å². The van der Waals surface area contributed by atoms with Gasteiger partial charge in [0.1, 0.15) is 12.2 Å². The highest BCUT2D eigenvalue weighted by molar-refractivity contribution is 8.00. The van der Waals surface area contributed by atoms with Crippen LogP contribution in [0.3, 0.4) is 0 Å². The summed E-state index contributed by atoms with van der Waals surface area (Å²) >= 11 is 2.93. The molecule has 1 N–H and O–H groups in total. The topological polar surface area (TPSA) is 75.0 Å². The second-order valence-corrected chi connectivity index (χ2v) is 10.1. The van der Waals surface area contributed by atoms with Gasteiger partial charge in [0.15, 0.2) is 23.1 Å². The smallest absolute Gasteiger partial charge is 0.278 e.